The summed E-state index contributed by atoms with van der Waals surface area (Å²) < 4.78 is 24.5. The summed E-state index contributed by atoms with van der Waals surface area (Å²) in [6.07, 6.45) is 1.77. The molecule has 2 aromatic carbocycles. The van der Waals surface area contributed by atoms with E-state index in [-0.39, 0.29) is 12.2 Å². The zero-order valence-electron chi connectivity index (χ0n) is 21.2. The molecule has 0 fully saturated rings. The maximum Gasteiger partial charge on any atom is 0.338 e. The van der Waals surface area contributed by atoms with Crippen LogP contribution in [0.15, 0.2) is 61.9 Å². The molecule has 3 aromatic rings. The topological polar surface area (TPSA) is 88.4 Å². The molecule has 37 heavy (non-hydrogen) atoms. The fraction of sp³-hybridized carbons (Fsp3) is 0.296. The average Bonchev–Trinajstić information content (AvgIpc) is 3.17. The number of benzene rings is 2. The lowest BCUT2D eigenvalue weighted by molar-refractivity contribution is -0.139. The molecule has 0 amide bonds. The maximum atomic E-state index is 13.8. The van der Waals surface area contributed by atoms with Crippen LogP contribution in [0.5, 0.6) is 17.2 Å². The van der Waals surface area contributed by atoms with Gasteiger partial charge in [-0.2, -0.15) is 0 Å². The van der Waals surface area contributed by atoms with Crippen molar-refractivity contribution in [2.24, 2.45) is 4.99 Å². The predicted molar refractivity (Wildman–Crippen MR) is 145 cm³/mol. The van der Waals surface area contributed by atoms with E-state index in [0.717, 1.165) is 11.1 Å². The number of nitrogens with zero attached hydrogens (tertiary/aromatic N) is 2. The van der Waals surface area contributed by atoms with Crippen molar-refractivity contribution in [3.05, 3.63) is 83.0 Å². The quantitative estimate of drug-likeness (QED) is 0.371. The Kier molecular flexibility index (Phi) is 8.19. The van der Waals surface area contributed by atoms with Crippen molar-refractivity contribution in [2.45, 2.75) is 26.8 Å². The van der Waals surface area contributed by atoms with Crippen LogP contribution in [0.2, 0.25) is 0 Å². The Balaban J connectivity index is 1.91. The van der Waals surface area contributed by atoms with Crippen LogP contribution in [0.1, 0.15) is 37.9 Å². The van der Waals surface area contributed by atoms with E-state index >= 15 is 0 Å². The number of carbonyl (C=O) groups excluding carboxylic acids is 1. The van der Waals surface area contributed by atoms with Crippen LogP contribution in [0.3, 0.4) is 0 Å². The van der Waals surface area contributed by atoms with Crippen molar-refractivity contribution in [2.75, 3.05) is 27.4 Å². The van der Waals surface area contributed by atoms with Crippen LogP contribution in [-0.2, 0) is 9.53 Å². The molecular weight excluding hydrogens is 560 g/mol. The van der Waals surface area contributed by atoms with Crippen molar-refractivity contribution >= 4 is 39.3 Å². The third kappa shape index (κ3) is 5.21. The lowest BCUT2D eigenvalue weighted by atomic mass is 9.96. The summed E-state index contributed by atoms with van der Waals surface area (Å²) in [7, 11) is 3.11. The average molecular weight is 587 g/mol. The lowest BCUT2D eigenvalue weighted by Crippen LogP contribution is -2.39. The second kappa shape index (κ2) is 11.4. The van der Waals surface area contributed by atoms with E-state index in [1.807, 2.05) is 37.3 Å². The fourth-order valence-corrected chi connectivity index (χ4v) is 5.86. The number of esters is 1. The molecular formula is C27H27BrN2O6S. The van der Waals surface area contributed by atoms with Crippen LogP contribution < -0.4 is 29.1 Å². The first kappa shape index (κ1) is 26.7. The molecule has 1 aromatic heterocycles. The third-order valence-electron chi connectivity index (χ3n) is 5.78. The Labute approximate surface area is 226 Å². The number of thiazole rings is 1. The molecule has 0 bridgehead atoms. The molecule has 2 heterocycles. The number of fused-ring (bicyclic) bond motifs is 1. The first-order chi connectivity index (χ1) is 17.8. The van der Waals surface area contributed by atoms with E-state index in [9.17, 15) is 9.59 Å². The minimum Gasteiger partial charge on any atom is -0.494 e. The molecule has 0 aliphatic carbocycles. The number of ether oxygens (including phenoxy) is 4. The third-order valence-corrected chi connectivity index (χ3v) is 7.35. The first-order valence-electron chi connectivity index (χ1n) is 11.7. The van der Waals surface area contributed by atoms with Gasteiger partial charge in [-0.15, -0.1) is 0 Å². The molecule has 1 aliphatic rings. The number of halogens is 1. The molecule has 0 spiro atoms. The zero-order chi connectivity index (χ0) is 26.7. The zero-order valence-corrected chi connectivity index (χ0v) is 23.6. The number of carbonyl (C=O) groups is 1. The van der Waals surface area contributed by atoms with Gasteiger partial charge in [-0.25, -0.2) is 9.79 Å². The minimum atomic E-state index is -0.690. The van der Waals surface area contributed by atoms with Gasteiger partial charge in [0.05, 0.1) is 53.8 Å². The number of rotatable bonds is 8. The summed E-state index contributed by atoms with van der Waals surface area (Å²) in [5.74, 6) is 1.30. The summed E-state index contributed by atoms with van der Waals surface area (Å²) >= 11 is 4.76. The summed E-state index contributed by atoms with van der Waals surface area (Å²) in [5.41, 5.74) is 2.08. The Morgan fingerprint density at radius 3 is 2.49 bits per heavy atom. The SMILES string of the molecule is CCOC(=O)C1=C(C)N=c2s/c(=C\c3cc(Br)c(OC)c(OC)c3)c(=O)n2[C@H]1c1ccc(OCC)cc1. The van der Waals surface area contributed by atoms with Crippen LogP contribution in [0, 0.1) is 0 Å². The molecule has 0 unspecified atom stereocenters. The van der Waals surface area contributed by atoms with Gasteiger partial charge < -0.3 is 18.9 Å². The highest BCUT2D eigenvalue weighted by Gasteiger charge is 2.33. The van der Waals surface area contributed by atoms with Gasteiger partial charge in [0.15, 0.2) is 16.3 Å². The number of allylic oxidation sites excluding steroid dienone is 1. The Morgan fingerprint density at radius 2 is 1.86 bits per heavy atom. The second-order valence-corrected chi connectivity index (χ2v) is 9.91. The fourth-order valence-electron chi connectivity index (χ4n) is 4.19. The lowest BCUT2D eigenvalue weighted by Gasteiger charge is -2.24. The highest BCUT2D eigenvalue weighted by Crippen LogP contribution is 2.36. The van der Waals surface area contributed by atoms with Gasteiger partial charge in [0.2, 0.25) is 0 Å². The minimum absolute atomic E-state index is 0.213. The van der Waals surface area contributed by atoms with E-state index in [1.54, 1.807) is 44.8 Å². The maximum absolute atomic E-state index is 13.8. The van der Waals surface area contributed by atoms with E-state index in [1.165, 1.54) is 11.3 Å². The van der Waals surface area contributed by atoms with Gasteiger partial charge in [0.1, 0.15) is 5.75 Å². The van der Waals surface area contributed by atoms with Gasteiger partial charge in [-0.05, 0) is 78.2 Å². The van der Waals surface area contributed by atoms with Crippen molar-refractivity contribution < 1.29 is 23.7 Å². The van der Waals surface area contributed by atoms with E-state index in [4.69, 9.17) is 18.9 Å². The Hall–Kier alpha value is -3.37. The van der Waals surface area contributed by atoms with Crippen LogP contribution in [-0.4, -0.2) is 38.0 Å². The Morgan fingerprint density at radius 1 is 1.14 bits per heavy atom. The molecule has 0 saturated carbocycles. The molecule has 1 atom stereocenters. The number of aromatic nitrogens is 1. The standard InChI is InChI=1S/C27H27BrN2O6S/c1-6-35-18-10-8-17(9-11-18)23-22(26(32)36-7-2)15(3)29-27-30(23)25(31)21(37-27)14-16-12-19(28)24(34-5)20(13-16)33-4/h8-14,23H,6-7H2,1-5H3/b21-14-/t23-/m0/s1. The number of hydrogen-bond acceptors (Lipinski definition) is 8. The summed E-state index contributed by atoms with van der Waals surface area (Å²) in [5, 5.41) is 0. The van der Waals surface area contributed by atoms with Gasteiger partial charge in [0.25, 0.3) is 5.56 Å². The van der Waals surface area contributed by atoms with Crippen molar-refractivity contribution in [1.82, 2.24) is 4.57 Å². The monoisotopic (exact) mass is 586 g/mol. The smallest absolute Gasteiger partial charge is 0.338 e. The molecule has 10 heteroatoms. The summed E-state index contributed by atoms with van der Waals surface area (Å²) in [4.78, 5) is 31.9. The van der Waals surface area contributed by atoms with Gasteiger partial charge >= 0.3 is 5.97 Å². The van der Waals surface area contributed by atoms with Crippen molar-refractivity contribution in [1.29, 1.82) is 0 Å². The molecule has 1 aliphatic heterocycles. The van der Waals surface area contributed by atoms with Crippen LogP contribution in [0.4, 0.5) is 0 Å². The van der Waals surface area contributed by atoms with E-state index in [2.05, 4.69) is 20.9 Å². The van der Waals surface area contributed by atoms with Crippen molar-refractivity contribution in [3.63, 3.8) is 0 Å². The van der Waals surface area contributed by atoms with Crippen LogP contribution >= 0.6 is 27.3 Å². The normalized spacial score (nSPS) is 15.2. The molecule has 0 saturated heterocycles. The highest BCUT2D eigenvalue weighted by molar-refractivity contribution is 9.10. The van der Waals surface area contributed by atoms with Gasteiger partial charge in [0, 0.05) is 0 Å². The Bertz CT molecular complexity index is 1540. The first-order valence-corrected chi connectivity index (χ1v) is 13.3. The number of methoxy groups -OCH3 is 2. The van der Waals surface area contributed by atoms with E-state index < -0.39 is 12.0 Å². The largest absolute Gasteiger partial charge is 0.494 e. The van der Waals surface area contributed by atoms with Gasteiger partial charge in [-0.1, -0.05) is 23.5 Å². The summed E-state index contributed by atoms with van der Waals surface area (Å²) in [6.45, 7) is 6.17. The molecule has 4 rings (SSSR count). The summed E-state index contributed by atoms with van der Waals surface area (Å²) in [6, 6.07) is 10.3. The van der Waals surface area contributed by atoms with Crippen LogP contribution in [0.25, 0.3) is 6.08 Å². The molecule has 8 nitrogen and oxygen atoms in total. The molecule has 0 N–H and O–H groups in total. The predicted octanol–water partition coefficient (Wildman–Crippen LogP) is 3.98. The molecule has 194 valence electrons. The highest BCUT2D eigenvalue weighted by atomic mass is 79.9. The van der Waals surface area contributed by atoms with Crippen molar-refractivity contribution in [3.8, 4) is 17.2 Å². The molecule has 0 radical (unpaired) electrons. The second-order valence-electron chi connectivity index (χ2n) is 8.04. The van der Waals surface area contributed by atoms with E-state index in [0.29, 0.717) is 48.9 Å². The van der Waals surface area contributed by atoms with Gasteiger partial charge in [-0.3, -0.25) is 9.36 Å². The number of hydrogen-bond donors (Lipinski definition) is 0.